The van der Waals surface area contributed by atoms with Crippen molar-refractivity contribution in [3.8, 4) is 23.0 Å². The Hall–Kier alpha value is -5.34. The maximum absolute atomic E-state index is 12.6. The van der Waals surface area contributed by atoms with Gasteiger partial charge in [0.2, 0.25) is 5.75 Å². The SMILES string of the molecule is COc1cc(C2CC(c3cc(CO)c(CO)c(CO)c3)=NO2)cc(OC)c1OCCOc1ccc(C2NC(=O)c3ccccc3N2)cc1CO. The molecule has 4 aromatic rings. The summed E-state index contributed by atoms with van der Waals surface area (Å²) in [7, 11) is 3.04. The highest BCUT2D eigenvalue weighted by atomic mass is 16.6. The average molecular weight is 686 g/mol. The predicted molar refractivity (Wildman–Crippen MR) is 182 cm³/mol. The van der Waals surface area contributed by atoms with Crippen molar-refractivity contribution in [1.29, 1.82) is 0 Å². The van der Waals surface area contributed by atoms with E-state index in [0.717, 1.165) is 16.8 Å². The van der Waals surface area contributed by atoms with Crippen molar-refractivity contribution in [2.45, 2.75) is 45.1 Å². The number of carbonyl (C=O) groups is 1. The number of methoxy groups -OCH3 is 2. The Bertz CT molecular complexity index is 1850. The Morgan fingerprint density at radius 2 is 1.44 bits per heavy atom. The van der Waals surface area contributed by atoms with E-state index in [9.17, 15) is 25.2 Å². The van der Waals surface area contributed by atoms with E-state index < -0.39 is 12.3 Å². The fraction of sp³-hybridized carbons (Fsp3) is 0.297. The van der Waals surface area contributed by atoms with Gasteiger partial charge in [0.05, 0.1) is 51.9 Å². The first-order chi connectivity index (χ1) is 24.4. The molecule has 50 heavy (non-hydrogen) atoms. The number of aliphatic hydroxyl groups is 4. The summed E-state index contributed by atoms with van der Waals surface area (Å²) in [5, 5.41) is 50.0. The van der Waals surface area contributed by atoms with Crippen molar-refractivity contribution < 1.29 is 49.0 Å². The monoisotopic (exact) mass is 685 g/mol. The number of fused-ring (bicyclic) bond motifs is 1. The second kappa shape index (κ2) is 15.5. The van der Waals surface area contributed by atoms with Crippen LogP contribution < -0.4 is 29.6 Å². The van der Waals surface area contributed by atoms with Gasteiger partial charge in [0.15, 0.2) is 17.6 Å². The third-order valence-electron chi connectivity index (χ3n) is 8.71. The van der Waals surface area contributed by atoms with Crippen molar-refractivity contribution in [3.63, 3.8) is 0 Å². The van der Waals surface area contributed by atoms with Crippen LogP contribution in [0.2, 0.25) is 0 Å². The standard InChI is InChI=1S/C37H39N3O10/c1-46-33-14-23(32-16-30(40-50-32)22-12-24(17-41)28(20-44)25(13-22)18-42)15-34(47-2)35(33)49-10-9-48-31-8-7-21(11-26(31)19-43)36-38-29-6-4-3-5-27(29)37(45)39-36/h3-8,11-15,32,36,38,41-44H,9-10,16-20H2,1-2H3,(H,39,45). The summed E-state index contributed by atoms with van der Waals surface area (Å²) >= 11 is 0. The highest BCUT2D eigenvalue weighted by Gasteiger charge is 2.28. The van der Waals surface area contributed by atoms with Crippen LogP contribution in [0.15, 0.2) is 71.9 Å². The topological polar surface area (TPSA) is 181 Å². The number of anilines is 1. The van der Waals surface area contributed by atoms with Crippen LogP contribution in [-0.2, 0) is 31.3 Å². The number of rotatable bonds is 14. The summed E-state index contributed by atoms with van der Waals surface area (Å²) in [4.78, 5) is 18.4. The van der Waals surface area contributed by atoms with E-state index in [0.29, 0.717) is 68.5 Å². The Labute approximate surface area is 288 Å². The van der Waals surface area contributed by atoms with E-state index in [4.69, 9.17) is 23.8 Å². The summed E-state index contributed by atoms with van der Waals surface area (Å²) in [5.41, 5.74) is 6.18. The van der Waals surface area contributed by atoms with Gasteiger partial charge in [-0.05, 0) is 70.8 Å². The molecule has 13 nitrogen and oxygen atoms in total. The Morgan fingerprint density at radius 3 is 2.10 bits per heavy atom. The number of ether oxygens (including phenoxy) is 4. The van der Waals surface area contributed by atoms with Gasteiger partial charge >= 0.3 is 0 Å². The lowest BCUT2D eigenvalue weighted by molar-refractivity contribution is 0.0852. The van der Waals surface area contributed by atoms with Crippen LogP contribution in [0.3, 0.4) is 0 Å². The first-order valence-corrected chi connectivity index (χ1v) is 16.0. The molecule has 13 heteroatoms. The van der Waals surface area contributed by atoms with Gasteiger partial charge in [0.1, 0.15) is 25.1 Å². The number of para-hydroxylation sites is 1. The summed E-state index contributed by atoms with van der Waals surface area (Å²) in [6, 6.07) is 19.7. The van der Waals surface area contributed by atoms with Gasteiger partial charge in [0.25, 0.3) is 5.91 Å². The van der Waals surface area contributed by atoms with Gasteiger partial charge in [-0.15, -0.1) is 0 Å². The summed E-state index contributed by atoms with van der Waals surface area (Å²) < 4.78 is 23.3. The zero-order chi connectivity index (χ0) is 35.2. The molecule has 0 aliphatic carbocycles. The lowest BCUT2D eigenvalue weighted by Gasteiger charge is -2.28. The maximum atomic E-state index is 12.6. The lowest BCUT2D eigenvalue weighted by Crippen LogP contribution is -2.38. The molecular formula is C37H39N3O10. The van der Waals surface area contributed by atoms with E-state index in [1.165, 1.54) is 14.2 Å². The van der Waals surface area contributed by atoms with E-state index in [1.807, 2.05) is 24.3 Å². The minimum Gasteiger partial charge on any atom is -0.493 e. The molecule has 0 bridgehead atoms. The van der Waals surface area contributed by atoms with Gasteiger partial charge in [-0.2, -0.15) is 0 Å². The average Bonchev–Trinajstić information content (AvgIpc) is 3.66. The summed E-state index contributed by atoms with van der Waals surface area (Å²) in [6.07, 6.45) is -0.533. The van der Waals surface area contributed by atoms with E-state index in [2.05, 4.69) is 15.8 Å². The van der Waals surface area contributed by atoms with Gasteiger partial charge < -0.3 is 54.8 Å². The molecule has 6 N–H and O–H groups in total. The van der Waals surface area contributed by atoms with Gasteiger partial charge in [-0.3, -0.25) is 4.79 Å². The Kier molecular flexibility index (Phi) is 10.7. The van der Waals surface area contributed by atoms with Crippen molar-refractivity contribution in [2.24, 2.45) is 5.16 Å². The third kappa shape index (κ3) is 7.03. The molecule has 2 aliphatic heterocycles. The number of hydrogen-bond donors (Lipinski definition) is 6. The molecule has 262 valence electrons. The molecule has 2 unspecified atom stereocenters. The highest BCUT2D eigenvalue weighted by Crippen LogP contribution is 2.43. The zero-order valence-electron chi connectivity index (χ0n) is 27.6. The zero-order valence-corrected chi connectivity index (χ0v) is 27.6. The van der Waals surface area contributed by atoms with Gasteiger partial charge in [-0.25, -0.2) is 0 Å². The molecule has 1 amide bonds. The van der Waals surface area contributed by atoms with Crippen molar-refractivity contribution >= 4 is 17.3 Å². The number of aliphatic hydroxyl groups excluding tert-OH is 4. The molecule has 0 fully saturated rings. The van der Waals surface area contributed by atoms with Gasteiger partial charge in [0, 0.05) is 28.8 Å². The normalized spacial score (nSPS) is 16.4. The fourth-order valence-electron chi connectivity index (χ4n) is 6.12. The number of benzene rings is 4. The van der Waals surface area contributed by atoms with Gasteiger partial charge in [-0.1, -0.05) is 23.4 Å². The van der Waals surface area contributed by atoms with Crippen LogP contribution >= 0.6 is 0 Å². The molecule has 2 aliphatic rings. The molecule has 0 saturated heterocycles. The Morgan fingerprint density at radius 1 is 0.760 bits per heavy atom. The molecule has 2 atom stereocenters. The maximum Gasteiger partial charge on any atom is 0.255 e. The molecule has 6 rings (SSSR count). The number of hydrogen-bond acceptors (Lipinski definition) is 12. The fourth-order valence-corrected chi connectivity index (χ4v) is 6.12. The molecule has 0 spiro atoms. The first kappa shape index (κ1) is 34.5. The predicted octanol–water partition coefficient (Wildman–Crippen LogP) is 3.85. The number of nitrogens with one attached hydrogen (secondary N) is 2. The van der Waals surface area contributed by atoms with Crippen LogP contribution in [0.1, 0.15) is 68.0 Å². The molecule has 0 saturated carbocycles. The highest BCUT2D eigenvalue weighted by molar-refractivity contribution is 6.02. The molecule has 0 radical (unpaired) electrons. The largest absolute Gasteiger partial charge is 0.493 e. The van der Waals surface area contributed by atoms with Crippen LogP contribution in [-0.4, -0.2) is 59.5 Å². The molecule has 2 heterocycles. The summed E-state index contributed by atoms with van der Waals surface area (Å²) in [5.74, 6) is 1.50. The Balaban J connectivity index is 1.10. The number of carbonyl (C=O) groups excluding carboxylic acids is 1. The van der Waals surface area contributed by atoms with Crippen LogP contribution in [0.25, 0.3) is 0 Å². The van der Waals surface area contributed by atoms with E-state index in [1.54, 1.807) is 42.5 Å². The van der Waals surface area contributed by atoms with Crippen LogP contribution in [0, 0.1) is 0 Å². The van der Waals surface area contributed by atoms with Crippen molar-refractivity contribution in [1.82, 2.24) is 5.32 Å². The van der Waals surface area contributed by atoms with Crippen molar-refractivity contribution in [2.75, 3.05) is 32.8 Å². The minimum atomic E-state index is -0.468. The molecular weight excluding hydrogens is 646 g/mol. The number of nitrogens with zero attached hydrogens (tertiary/aromatic N) is 1. The first-order valence-electron chi connectivity index (χ1n) is 16.0. The van der Waals surface area contributed by atoms with Crippen LogP contribution in [0.5, 0.6) is 23.0 Å². The molecule has 4 aromatic carbocycles. The van der Waals surface area contributed by atoms with Crippen molar-refractivity contribution in [3.05, 3.63) is 111 Å². The lowest BCUT2D eigenvalue weighted by atomic mass is 9.93. The number of oxime groups is 1. The molecule has 0 aromatic heterocycles. The number of amides is 1. The minimum absolute atomic E-state index is 0.132. The second-order valence-electron chi connectivity index (χ2n) is 11.7. The summed E-state index contributed by atoms with van der Waals surface area (Å²) in [6.45, 7) is -0.871. The van der Waals surface area contributed by atoms with Crippen LogP contribution in [0.4, 0.5) is 5.69 Å². The third-order valence-corrected chi connectivity index (χ3v) is 8.71. The smallest absolute Gasteiger partial charge is 0.255 e. The van der Waals surface area contributed by atoms with E-state index >= 15 is 0 Å². The second-order valence-corrected chi connectivity index (χ2v) is 11.7. The van der Waals surface area contributed by atoms with E-state index in [-0.39, 0.29) is 45.5 Å². The quantitative estimate of drug-likeness (QED) is 0.106.